The lowest BCUT2D eigenvalue weighted by molar-refractivity contribution is -0.137. The number of aryl methyl sites for hydroxylation is 1. The smallest absolute Gasteiger partial charge is 0.323 e. The van der Waals surface area contributed by atoms with Gasteiger partial charge in [-0.2, -0.15) is 0 Å². The molecule has 0 fully saturated rings. The second-order valence-electron chi connectivity index (χ2n) is 6.58. The molecule has 0 aliphatic heterocycles. The highest BCUT2D eigenvalue weighted by atomic mass is 32.1. The minimum absolute atomic E-state index is 0.207. The molecule has 1 aliphatic carbocycles. The zero-order valence-corrected chi connectivity index (χ0v) is 14.4. The van der Waals surface area contributed by atoms with Gasteiger partial charge in [-0.15, -0.1) is 11.3 Å². The van der Waals surface area contributed by atoms with Crippen LogP contribution in [0.5, 0.6) is 0 Å². The van der Waals surface area contributed by atoms with Gasteiger partial charge in [0.25, 0.3) is 5.56 Å². The number of fused-ring (bicyclic) bond motifs is 3. The van der Waals surface area contributed by atoms with Crippen molar-refractivity contribution in [3.8, 4) is 0 Å². The molecule has 0 aromatic carbocycles. The molecule has 0 amide bonds. The van der Waals surface area contributed by atoms with Crippen molar-refractivity contribution in [2.45, 2.75) is 39.3 Å². The molecule has 124 valence electrons. The minimum atomic E-state index is -1.02. The molecule has 1 atom stereocenters. The monoisotopic (exact) mass is 335 g/mol. The first-order valence-corrected chi connectivity index (χ1v) is 8.59. The predicted octanol–water partition coefficient (Wildman–Crippen LogP) is 1.73. The number of hydrogen-bond donors (Lipinski definition) is 1. The Balaban J connectivity index is 2.23. The third-order valence-corrected chi connectivity index (χ3v) is 5.39. The summed E-state index contributed by atoms with van der Waals surface area (Å²) in [7, 11) is 3.76. The van der Waals surface area contributed by atoms with Gasteiger partial charge in [-0.25, -0.2) is 4.98 Å². The zero-order chi connectivity index (χ0) is 16.7. The van der Waals surface area contributed by atoms with E-state index in [4.69, 9.17) is 5.11 Å². The van der Waals surface area contributed by atoms with Crippen molar-refractivity contribution < 1.29 is 9.90 Å². The summed E-state index contributed by atoms with van der Waals surface area (Å²) in [4.78, 5) is 32.6. The largest absolute Gasteiger partial charge is 0.480 e. The van der Waals surface area contributed by atoms with Crippen LogP contribution in [0.25, 0.3) is 10.2 Å². The molecule has 0 saturated heterocycles. The first-order chi connectivity index (χ1) is 10.9. The summed E-state index contributed by atoms with van der Waals surface area (Å²) in [6.07, 6.45) is 2.93. The summed E-state index contributed by atoms with van der Waals surface area (Å²) in [6.45, 7) is 2.32. The van der Waals surface area contributed by atoms with E-state index in [0.717, 1.165) is 29.7 Å². The van der Waals surface area contributed by atoms with Crippen LogP contribution in [0.4, 0.5) is 0 Å². The molecule has 23 heavy (non-hydrogen) atoms. The molecule has 0 saturated carbocycles. The minimum Gasteiger partial charge on any atom is -0.480 e. The Hall–Kier alpha value is -1.73. The fourth-order valence-electron chi connectivity index (χ4n) is 3.17. The number of hydrogen-bond acceptors (Lipinski definition) is 5. The highest BCUT2D eigenvalue weighted by Gasteiger charge is 2.25. The summed E-state index contributed by atoms with van der Waals surface area (Å²) in [5.41, 5.74) is 0.887. The number of thiophene rings is 1. The van der Waals surface area contributed by atoms with Crippen molar-refractivity contribution in [3.05, 3.63) is 26.6 Å². The van der Waals surface area contributed by atoms with Gasteiger partial charge >= 0.3 is 5.97 Å². The Morgan fingerprint density at radius 1 is 1.48 bits per heavy atom. The van der Waals surface area contributed by atoms with Gasteiger partial charge < -0.3 is 10.0 Å². The van der Waals surface area contributed by atoms with Crippen molar-refractivity contribution >= 4 is 27.5 Å². The molecule has 2 aromatic rings. The van der Waals surface area contributed by atoms with Crippen LogP contribution < -0.4 is 5.56 Å². The second kappa shape index (κ2) is 6.05. The maximum atomic E-state index is 12.9. The first kappa shape index (κ1) is 16.1. The standard InChI is InChI=1S/C16H21N3O3S/c1-9-4-5-10-11(6-9)23-15-14(10)16(22)19(8-13(20)21)12(17-15)7-18(2)3/h9H,4-8H2,1-3H3,(H,20,21). The van der Waals surface area contributed by atoms with Gasteiger partial charge in [0.2, 0.25) is 0 Å². The van der Waals surface area contributed by atoms with Crippen molar-refractivity contribution in [1.82, 2.24) is 14.5 Å². The van der Waals surface area contributed by atoms with Crippen LogP contribution in [0.15, 0.2) is 4.79 Å². The number of carbonyl (C=O) groups is 1. The van der Waals surface area contributed by atoms with Crippen molar-refractivity contribution in [3.63, 3.8) is 0 Å². The highest BCUT2D eigenvalue weighted by Crippen LogP contribution is 2.35. The van der Waals surface area contributed by atoms with Gasteiger partial charge in [-0.1, -0.05) is 6.92 Å². The molecule has 0 spiro atoms. The first-order valence-electron chi connectivity index (χ1n) is 7.77. The number of aliphatic carboxylic acids is 1. The van der Waals surface area contributed by atoms with Gasteiger partial charge in [-0.05, 0) is 44.8 Å². The lowest BCUT2D eigenvalue weighted by Crippen LogP contribution is -2.31. The fourth-order valence-corrected chi connectivity index (χ4v) is 4.56. The molecule has 6 nitrogen and oxygen atoms in total. The lowest BCUT2D eigenvalue weighted by atomic mass is 9.89. The topological polar surface area (TPSA) is 75.4 Å². The van der Waals surface area contributed by atoms with Gasteiger partial charge in [0, 0.05) is 4.88 Å². The summed E-state index contributed by atoms with van der Waals surface area (Å²) in [5, 5.41) is 9.79. The van der Waals surface area contributed by atoms with Gasteiger partial charge in [-0.3, -0.25) is 14.2 Å². The average molecular weight is 335 g/mol. The van der Waals surface area contributed by atoms with Crippen molar-refractivity contribution in [2.75, 3.05) is 14.1 Å². The molecule has 1 unspecified atom stereocenters. The molecule has 3 rings (SSSR count). The molecule has 2 aromatic heterocycles. The maximum absolute atomic E-state index is 12.9. The Morgan fingerprint density at radius 2 is 2.22 bits per heavy atom. The van der Waals surface area contributed by atoms with Gasteiger partial charge in [0.15, 0.2) is 0 Å². The quantitative estimate of drug-likeness (QED) is 0.921. The molecular weight excluding hydrogens is 314 g/mol. The number of aromatic nitrogens is 2. The van der Waals surface area contributed by atoms with Gasteiger partial charge in [0.1, 0.15) is 17.2 Å². The van der Waals surface area contributed by atoms with Crippen molar-refractivity contribution in [2.24, 2.45) is 5.92 Å². The van der Waals surface area contributed by atoms with E-state index in [-0.39, 0.29) is 12.1 Å². The Morgan fingerprint density at radius 3 is 2.87 bits per heavy atom. The second-order valence-corrected chi connectivity index (χ2v) is 7.67. The van der Waals surface area contributed by atoms with E-state index in [2.05, 4.69) is 11.9 Å². The number of nitrogens with zero attached hydrogens (tertiary/aromatic N) is 3. The van der Waals surface area contributed by atoms with E-state index in [1.165, 1.54) is 9.44 Å². The number of carboxylic acid groups (broad SMARTS) is 1. The fraction of sp³-hybridized carbons (Fsp3) is 0.562. The van der Waals surface area contributed by atoms with E-state index >= 15 is 0 Å². The zero-order valence-electron chi connectivity index (χ0n) is 13.6. The number of carboxylic acids is 1. The summed E-state index contributed by atoms with van der Waals surface area (Å²) in [5.74, 6) is 0.116. The summed E-state index contributed by atoms with van der Waals surface area (Å²) >= 11 is 1.60. The normalized spacial score (nSPS) is 17.7. The van der Waals surface area contributed by atoms with Crippen LogP contribution in [0.1, 0.15) is 29.6 Å². The molecule has 7 heteroatoms. The maximum Gasteiger partial charge on any atom is 0.323 e. The Labute approximate surface area is 138 Å². The molecular formula is C16H21N3O3S. The van der Waals surface area contributed by atoms with Crippen LogP contribution >= 0.6 is 11.3 Å². The van der Waals surface area contributed by atoms with Crippen LogP contribution in [0.2, 0.25) is 0 Å². The van der Waals surface area contributed by atoms with Crippen LogP contribution in [-0.2, 0) is 30.7 Å². The van der Waals surface area contributed by atoms with Crippen LogP contribution in [0, 0.1) is 5.92 Å². The third-order valence-electron chi connectivity index (χ3n) is 4.25. The molecule has 0 radical (unpaired) electrons. The van der Waals surface area contributed by atoms with E-state index in [9.17, 15) is 9.59 Å². The molecule has 1 aliphatic rings. The average Bonchev–Trinajstić information content (AvgIpc) is 2.79. The summed E-state index contributed by atoms with van der Waals surface area (Å²) in [6, 6.07) is 0. The van der Waals surface area contributed by atoms with Crippen molar-refractivity contribution in [1.29, 1.82) is 0 Å². The van der Waals surface area contributed by atoms with Crippen LogP contribution in [-0.4, -0.2) is 39.6 Å². The van der Waals surface area contributed by atoms with E-state index < -0.39 is 5.97 Å². The summed E-state index contributed by atoms with van der Waals surface area (Å²) < 4.78 is 1.32. The molecule has 0 bridgehead atoms. The highest BCUT2D eigenvalue weighted by molar-refractivity contribution is 7.18. The number of rotatable bonds is 4. The van der Waals surface area contributed by atoms with Crippen LogP contribution in [0.3, 0.4) is 0 Å². The van der Waals surface area contributed by atoms with E-state index in [1.54, 1.807) is 11.3 Å². The van der Waals surface area contributed by atoms with Gasteiger partial charge in [0.05, 0.1) is 11.9 Å². The lowest BCUT2D eigenvalue weighted by Gasteiger charge is -2.18. The SMILES string of the molecule is CC1CCc2c(sc3nc(CN(C)C)n(CC(=O)O)c(=O)c23)C1. The van der Waals surface area contributed by atoms with E-state index in [0.29, 0.717) is 23.7 Å². The Kier molecular flexibility index (Phi) is 4.25. The third kappa shape index (κ3) is 3.03. The molecule has 2 heterocycles. The molecule has 1 N–H and O–H groups in total. The van der Waals surface area contributed by atoms with E-state index in [1.807, 2.05) is 19.0 Å². The Bertz CT molecular complexity index is 822. The predicted molar refractivity (Wildman–Crippen MR) is 90.1 cm³/mol.